The van der Waals surface area contributed by atoms with Gasteiger partial charge in [-0.2, -0.15) is 0 Å². The molecule has 16 heteroatoms. The van der Waals surface area contributed by atoms with E-state index in [0.717, 1.165) is 191 Å². The predicted octanol–water partition coefficient (Wildman–Crippen LogP) is 22.7. The van der Waals surface area contributed by atoms with Crippen molar-refractivity contribution in [2.24, 2.45) is 0 Å². The second kappa shape index (κ2) is 33.6. The van der Waals surface area contributed by atoms with E-state index in [-0.39, 0.29) is 0 Å². The maximum atomic E-state index is 5.06. The molecule has 0 fully saturated rings. The van der Waals surface area contributed by atoms with Crippen molar-refractivity contribution in [2.75, 3.05) is 0 Å². The van der Waals surface area contributed by atoms with Crippen molar-refractivity contribution in [1.82, 2.24) is 79.7 Å². The second-order valence-electron chi connectivity index (χ2n) is 26.9. The van der Waals surface area contributed by atoms with E-state index in [0.29, 0.717) is 0 Å². The van der Waals surface area contributed by atoms with Crippen molar-refractivity contribution >= 4 is 21.5 Å². The molecule has 16 nitrogen and oxygen atoms in total. The highest BCUT2D eigenvalue weighted by molar-refractivity contribution is 6.22. The predicted molar refractivity (Wildman–Crippen MR) is 461 cm³/mol. The zero-order chi connectivity index (χ0) is 77.6. The van der Waals surface area contributed by atoms with Gasteiger partial charge in [-0.05, 0) is 260 Å². The van der Waals surface area contributed by atoms with Crippen molar-refractivity contribution in [3.8, 4) is 170 Å². The fraction of sp³-hybridized carbons (Fsp3) is 0. The van der Waals surface area contributed by atoms with Crippen LogP contribution in [0.25, 0.3) is 191 Å². The molecule has 0 bridgehead atoms. The Bertz CT molecular complexity index is 6000. The van der Waals surface area contributed by atoms with Crippen LogP contribution in [0.15, 0.2) is 402 Å². The molecule has 0 saturated heterocycles. The van der Waals surface area contributed by atoms with Crippen molar-refractivity contribution in [3.63, 3.8) is 0 Å². The molecule has 0 unspecified atom stereocenters. The Morgan fingerprint density at radius 3 is 0.440 bits per heavy atom. The van der Waals surface area contributed by atoms with E-state index < -0.39 is 0 Å². The number of pyridine rings is 16. The van der Waals surface area contributed by atoms with Crippen LogP contribution in [0, 0.1) is 0 Å². The second-order valence-corrected chi connectivity index (χ2v) is 26.9. The average molecular weight is 1490 g/mol. The highest BCUT2D eigenvalue weighted by atomic mass is 14.9. The van der Waals surface area contributed by atoms with Crippen molar-refractivity contribution in [3.05, 3.63) is 402 Å². The van der Waals surface area contributed by atoms with Crippen LogP contribution < -0.4 is 0 Å². The molecule has 4 aromatic carbocycles. The number of nitrogens with zero attached hydrogens (tertiary/aromatic N) is 16. The normalized spacial score (nSPS) is 10.9. The number of aromatic nitrogens is 16. The third-order valence-corrected chi connectivity index (χ3v) is 19.4. The number of hydrogen-bond donors (Lipinski definition) is 0. The SMILES string of the molecule is c1ccc(-c2cc(-c3c4ccccc4c(-c4cc(-c5ccccn5)nc(-c5ccccn5)c4)c4ccccc34)cc(-c3ccccn3)n2)nc1.c1ccc(-c2cc(-c3ccc(-c4cc(-c5ccccn5)nc(-c5ccccn5)c4)cc3)cc(-c3ccccn3)n2)nc1.c1ccc(-c2cc(-c3ccccn3)nc(-c3ccccn3)c2)nc1. The van der Waals surface area contributed by atoms with Crippen LogP contribution in [0.2, 0.25) is 0 Å². The first kappa shape index (κ1) is 71.4. The fourth-order valence-electron chi connectivity index (χ4n) is 14.0. The largest absolute Gasteiger partial charge is 0.256 e. The van der Waals surface area contributed by atoms with Crippen LogP contribution in [0.5, 0.6) is 0 Å². The fourth-order valence-corrected chi connectivity index (χ4v) is 14.0. The first-order chi connectivity index (χ1) is 57.5. The first-order valence-electron chi connectivity index (χ1n) is 37.7. The summed E-state index contributed by atoms with van der Waals surface area (Å²) in [4.78, 5) is 74.8. The van der Waals surface area contributed by atoms with Gasteiger partial charge in [-0.25, -0.2) is 24.9 Å². The summed E-state index contributed by atoms with van der Waals surface area (Å²) in [6.07, 6.45) is 19.7. The monoisotopic (exact) mass is 1490 g/mol. The van der Waals surface area contributed by atoms with E-state index in [9.17, 15) is 0 Å². The summed E-state index contributed by atoms with van der Waals surface area (Å²) in [5, 5.41) is 4.51. The summed E-state index contributed by atoms with van der Waals surface area (Å²) in [7, 11) is 0. The third-order valence-electron chi connectivity index (χ3n) is 19.4. The van der Waals surface area contributed by atoms with Gasteiger partial charge in [0.05, 0.1) is 120 Å². The Kier molecular flexibility index (Phi) is 20.7. The minimum Gasteiger partial charge on any atom is -0.256 e. The molecule has 0 aliphatic heterocycles. The molecule has 0 aliphatic rings. The Balaban J connectivity index is 0.000000127. The van der Waals surface area contributed by atoms with Crippen LogP contribution >= 0.6 is 0 Å². The summed E-state index contributed by atoms with van der Waals surface area (Å²) < 4.78 is 0. The molecular formula is C100H66N16. The summed E-state index contributed by atoms with van der Waals surface area (Å²) in [6.45, 7) is 0. The molecule has 0 saturated carbocycles. The molecule has 546 valence electrons. The molecule has 20 aromatic rings. The number of benzene rings is 4. The van der Waals surface area contributed by atoms with Gasteiger partial charge in [0.25, 0.3) is 0 Å². The molecule has 0 N–H and O–H groups in total. The summed E-state index contributed by atoms with van der Waals surface area (Å²) >= 11 is 0. The van der Waals surface area contributed by atoms with Gasteiger partial charge in [0.15, 0.2) is 0 Å². The Labute approximate surface area is 668 Å². The van der Waals surface area contributed by atoms with Gasteiger partial charge in [0.2, 0.25) is 0 Å². The topological polar surface area (TPSA) is 206 Å². The lowest BCUT2D eigenvalue weighted by atomic mass is 9.85. The van der Waals surface area contributed by atoms with Crippen LogP contribution in [0.4, 0.5) is 0 Å². The molecule has 0 amide bonds. The van der Waals surface area contributed by atoms with Gasteiger partial charge < -0.3 is 0 Å². The van der Waals surface area contributed by atoms with Crippen molar-refractivity contribution in [2.45, 2.75) is 0 Å². The van der Waals surface area contributed by atoms with Gasteiger partial charge in [0, 0.05) is 73.7 Å². The summed E-state index contributed by atoms with van der Waals surface area (Å²) in [6, 6.07) is 111. The summed E-state index contributed by atoms with van der Waals surface area (Å²) in [5.74, 6) is 0. The smallest absolute Gasteiger partial charge is 0.0901 e. The molecule has 0 spiro atoms. The summed E-state index contributed by atoms with van der Waals surface area (Å²) in [5.41, 5.74) is 26.5. The van der Waals surface area contributed by atoms with E-state index in [2.05, 4.69) is 176 Å². The number of hydrogen-bond acceptors (Lipinski definition) is 16. The molecule has 16 heterocycles. The van der Waals surface area contributed by atoms with Gasteiger partial charge in [0.1, 0.15) is 0 Å². The van der Waals surface area contributed by atoms with Crippen LogP contribution in [0.1, 0.15) is 0 Å². The first-order valence-corrected chi connectivity index (χ1v) is 37.7. The Hall–Kier alpha value is -16.2. The third kappa shape index (κ3) is 15.9. The van der Waals surface area contributed by atoms with Crippen LogP contribution in [-0.2, 0) is 0 Å². The van der Waals surface area contributed by atoms with Crippen molar-refractivity contribution < 1.29 is 0 Å². The minimum absolute atomic E-state index is 0.787. The average Bonchev–Trinajstić information content (AvgIpc) is 0.728. The Morgan fingerprint density at radius 1 is 0.112 bits per heavy atom. The molecule has 20 rings (SSSR count). The van der Waals surface area contributed by atoms with E-state index in [4.69, 9.17) is 24.9 Å². The lowest BCUT2D eigenvalue weighted by Gasteiger charge is -2.19. The molecule has 0 atom stereocenters. The highest BCUT2D eigenvalue weighted by Gasteiger charge is 2.22. The lowest BCUT2D eigenvalue weighted by Crippen LogP contribution is -1.97. The van der Waals surface area contributed by atoms with Gasteiger partial charge in [-0.1, -0.05) is 140 Å². The quantitative estimate of drug-likeness (QED) is 0.0875. The zero-order valence-corrected chi connectivity index (χ0v) is 62.3. The molecule has 0 aliphatic carbocycles. The van der Waals surface area contributed by atoms with E-state index in [1.165, 1.54) is 0 Å². The van der Waals surface area contributed by atoms with Crippen molar-refractivity contribution in [1.29, 1.82) is 0 Å². The molecular weight excluding hydrogens is 1430 g/mol. The molecule has 0 radical (unpaired) electrons. The lowest BCUT2D eigenvalue weighted by molar-refractivity contribution is 1.21. The maximum Gasteiger partial charge on any atom is 0.0901 e. The zero-order valence-electron chi connectivity index (χ0n) is 62.3. The van der Waals surface area contributed by atoms with Gasteiger partial charge in [-0.15, -0.1) is 0 Å². The number of rotatable bonds is 15. The minimum atomic E-state index is 0.787. The molecule has 16 aromatic heterocycles. The van der Waals surface area contributed by atoms with Crippen LogP contribution in [-0.4, -0.2) is 79.7 Å². The molecule has 116 heavy (non-hydrogen) atoms. The maximum absolute atomic E-state index is 5.06. The van der Waals surface area contributed by atoms with Crippen LogP contribution in [0.3, 0.4) is 0 Å². The van der Waals surface area contributed by atoms with E-state index in [1.807, 2.05) is 212 Å². The highest BCUT2D eigenvalue weighted by Crippen LogP contribution is 2.46. The standard InChI is InChI=1S/C44H28N6.C36H24N6.C20H14N4/c1-2-14-32-31(13-1)43(29-25-39(35-17-5-9-21-45-35)49-40(26-29)36-18-6-10-22-46-36)33-15-3-4-16-34(33)44(32)30-27-41(37-19-7-11-23-47-37)50-42(28-30)38-20-8-12-24-48-38;1-5-17-37-29(9-1)33-21-27(22-34(41-33)30-10-2-6-18-38-30)25-13-15-26(16-14-25)28-23-35(31-11-3-7-19-39-31)42-36(24-28)32-12-4-8-20-40-32;1-4-10-21-16(7-1)15-13-19(17-8-2-5-11-22-17)24-20(14-15)18-9-3-6-12-23-18/h1-28H;1-24H;1-14H. The Morgan fingerprint density at radius 2 is 0.267 bits per heavy atom. The van der Waals surface area contributed by atoms with Gasteiger partial charge >= 0.3 is 0 Å². The van der Waals surface area contributed by atoms with E-state index in [1.54, 1.807) is 68.2 Å². The van der Waals surface area contributed by atoms with E-state index >= 15 is 0 Å². The van der Waals surface area contributed by atoms with Gasteiger partial charge in [-0.3, -0.25) is 54.8 Å². The number of fused-ring (bicyclic) bond motifs is 2.